The van der Waals surface area contributed by atoms with Gasteiger partial charge in [0.15, 0.2) is 5.82 Å². The zero-order chi connectivity index (χ0) is 13.5. The molecule has 1 aliphatic heterocycles. The van der Waals surface area contributed by atoms with Crippen LogP contribution in [0.15, 0.2) is 12.3 Å². The van der Waals surface area contributed by atoms with Gasteiger partial charge < -0.3 is 15.4 Å². The van der Waals surface area contributed by atoms with E-state index < -0.39 is 0 Å². The minimum absolute atomic E-state index is 0.0156. The number of nitrogens with one attached hydrogen (secondary N) is 2. The normalized spacial score (nSPS) is 19.3. The van der Waals surface area contributed by atoms with Crippen LogP contribution in [0.5, 0.6) is 0 Å². The van der Waals surface area contributed by atoms with E-state index in [-0.39, 0.29) is 11.9 Å². The minimum atomic E-state index is -0.0765. The Morgan fingerprint density at radius 3 is 3.26 bits per heavy atom. The fourth-order valence-electron chi connectivity index (χ4n) is 2.21. The molecule has 1 saturated heterocycles. The minimum Gasteiger partial charge on any atom is -0.385 e. The van der Waals surface area contributed by atoms with Gasteiger partial charge in [-0.15, -0.1) is 0 Å². The third-order valence-electron chi connectivity index (χ3n) is 3.25. The molecule has 0 saturated carbocycles. The fraction of sp³-hybridized carbons (Fsp3) is 0.692. The number of methoxy groups -OCH3 is 1. The van der Waals surface area contributed by atoms with Gasteiger partial charge in [0.05, 0.1) is 6.04 Å². The molecular weight excluding hydrogens is 244 g/mol. The second kappa shape index (κ2) is 7.25. The van der Waals surface area contributed by atoms with E-state index in [2.05, 4.69) is 15.7 Å². The van der Waals surface area contributed by atoms with Gasteiger partial charge in [0.25, 0.3) is 0 Å². The average Bonchev–Trinajstić information content (AvgIpc) is 2.88. The molecule has 1 atom stereocenters. The number of carbonyl (C=O) groups excluding carboxylic acids is 1. The summed E-state index contributed by atoms with van der Waals surface area (Å²) < 4.78 is 6.82. The van der Waals surface area contributed by atoms with Crippen molar-refractivity contribution in [2.24, 2.45) is 0 Å². The van der Waals surface area contributed by atoms with Gasteiger partial charge >= 0.3 is 0 Å². The maximum atomic E-state index is 12.0. The highest BCUT2D eigenvalue weighted by molar-refractivity contribution is 5.94. The van der Waals surface area contributed by atoms with Gasteiger partial charge in [-0.05, 0) is 25.8 Å². The van der Waals surface area contributed by atoms with Crippen molar-refractivity contribution < 1.29 is 9.53 Å². The van der Waals surface area contributed by atoms with Crippen LogP contribution in [0.2, 0.25) is 0 Å². The highest BCUT2D eigenvalue weighted by Gasteiger charge is 2.20. The molecule has 0 bridgehead atoms. The van der Waals surface area contributed by atoms with Gasteiger partial charge in [0.1, 0.15) is 0 Å². The molecule has 0 spiro atoms. The Morgan fingerprint density at radius 2 is 2.53 bits per heavy atom. The predicted octanol–water partition coefficient (Wildman–Crippen LogP) is 1.00. The zero-order valence-corrected chi connectivity index (χ0v) is 11.4. The summed E-state index contributed by atoms with van der Waals surface area (Å²) in [4.78, 5) is 12.0. The first-order valence-electron chi connectivity index (χ1n) is 6.86. The highest BCUT2D eigenvalue weighted by Crippen LogP contribution is 2.10. The molecule has 1 unspecified atom stereocenters. The van der Waals surface area contributed by atoms with Crippen molar-refractivity contribution in [2.75, 3.05) is 25.6 Å². The lowest BCUT2D eigenvalue weighted by Gasteiger charge is -2.21. The lowest BCUT2D eigenvalue weighted by molar-refractivity contribution is -0.118. The Kier molecular flexibility index (Phi) is 5.35. The van der Waals surface area contributed by atoms with Crippen LogP contribution >= 0.6 is 0 Å². The van der Waals surface area contributed by atoms with Crippen LogP contribution in [-0.2, 0) is 16.1 Å². The number of aryl methyl sites for hydroxylation is 1. The largest absolute Gasteiger partial charge is 0.385 e. The van der Waals surface area contributed by atoms with Gasteiger partial charge in [0.2, 0.25) is 5.91 Å². The molecule has 0 radical (unpaired) electrons. The smallest absolute Gasteiger partial charge is 0.242 e. The third-order valence-corrected chi connectivity index (χ3v) is 3.25. The molecule has 106 valence electrons. The number of aromatic nitrogens is 2. The zero-order valence-electron chi connectivity index (χ0n) is 11.4. The van der Waals surface area contributed by atoms with Crippen molar-refractivity contribution in [3.05, 3.63) is 12.3 Å². The summed E-state index contributed by atoms with van der Waals surface area (Å²) >= 11 is 0. The molecule has 1 aromatic rings. The Balaban J connectivity index is 1.80. The lowest BCUT2D eigenvalue weighted by Crippen LogP contribution is -2.43. The number of nitrogens with zero attached hydrogens (tertiary/aromatic N) is 2. The van der Waals surface area contributed by atoms with E-state index in [1.807, 2.05) is 16.9 Å². The summed E-state index contributed by atoms with van der Waals surface area (Å²) in [5, 5.41) is 10.4. The molecule has 1 fully saturated rings. The van der Waals surface area contributed by atoms with Gasteiger partial charge in [-0.1, -0.05) is 6.42 Å². The number of piperidine rings is 1. The first-order chi connectivity index (χ1) is 9.29. The van der Waals surface area contributed by atoms with Crippen LogP contribution in [0.25, 0.3) is 0 Å². The number of amides is 1. The number of hydrogen-bond donors (Lipinski definition) is 2. The van der Waals surface area contributed by atoms with E-state index in [0.29, 0.717) is 12.4 Å². The summed E-state index contributed by atoms with van der Waals surface area (Å²) in [7, 11) is 1.69. The number of anilines is 1. The first-order valence-corrected chi connectivity index (χ1v) is 6.86. The number of ether oxygens (including phenoxy) is 1. The predicted molar refractivity (Wildman–Crippen MR) is 73.0 cm³/mol. The van der Waals surface area contributed by atoms with E-state index in [9.17, 15) is 4.79 Å². The maximum absolute atomic E-state index is 12.0. The monoisotopic (exact) mass is 266 g/mol. The molecule has 6 nitrogen and oxygen atoms in total. The second-order valence-electron chi connectivity index (χ2n) is 4.80. The Hall–Kier alpha value is -1.40. The lowest BCUT2D eigenvalue weighted by atomic mass is 10.0. The van der Waals surface area contributed by atoms with Crippen molar-refractivity contribution in [1.29, 1.82) is 0 Å². The molecule has 1 aliphatic rings. The molecule has 0 aliphatic carbocycles. The summed E-state index contributed by atoms with van der Waals surface area (Å²) in [6, 6.07) is 1.75. The molecule has 1 amide bonds. The fourth-order valence-corrected chi connectivity index (χ4v) is 2.21. The van der Waals surface area contributed by atoms with Crippen LogP contribution in [-0.4, -0.2) is 42.0 Å². The van der Waals surface area contributed by atoms with E-state index in [1.54, 1.807) is 7.11 Å². The second-order valence-corrected chi connectivity index (χ2v) is 4.80. The average molecular weight is 266 g/mol. The molecule has 2 N–H and O–H groups in total. The van der Waals surface area contributed by atoms with Crippen LogP contribution < -0.4 is 10.6 Å². The quantitative estimate of drug-likeness (QED) is 0.754. The summed E-state index contributed by atoms with van der Waals surface area (Å²) in [5.74, 6) is 0.636. The van der Waals surface area contributed by atoms with Gasteiger partial charge in [0, 0.05) is 32.5 Å². The SMILES string of the molecule is COCCCn1ccc(NC(=O)C2CCCCN2)n1. The first kappa shape index (κ1) is 14.0. The van der Waals surface area contributed by atoms with Crippen LogP contribution in [0, 0.1) is 0 Å². The van der Waals surface area contributed by atoms with Crippen LogP contribution in [0.4, 0.5) is 5.82 Å². The molecular formula is C13H22N4O2. The van der Waals surface area contributed by atoms with Crippen molar-refractivity contribution in [1.82, 2.24) is 15.1 Å². The van der Waals surface area contributed by atoms with Crippen LogP contribution in [0.1, 0.15) is 25.7 Å². The Bertz CT molecular complexity index is 399. The number of hydrogen-bond acceptors (Lipinski definition) is 4. The summed E-state index contributed by atoms with van der Waals surface area (Å²) in [5.41, 5.74) is 0. The van der Waals surface area contributed by atoms with E-state index >= 15 is 0 Å². The highest BCUT2D eigenvalue weighted by atomic mass is 16.5. The number of rotatable bonds is 6. The van der Waals surface area contributed by atoms with Gasteiger partial charge in [-0.2, -0.15) is 5.10 Å². The summed E-state index contributed by atoms with van der Waals surface area (Å²) in [6.45, 7) is 2.43. The van der Waals surface area contributed by atoms with Crippen LogP contribution in [0.3, 0.4) is 0 Å². The van der Waals surface area contributed by atoms with Crippen molar-refractivity contribution in [3.8, 4) is 0 Å². The van der Waals surface area contributed by atoms with Gasteiger partial charge in [-0.3, -0.25) is 9.48 Å². The van der Waals surface area contributed by atoms with E-state index in [1.165, 1.54) is 0 Å². The van der Waals surface area contributed by atoms with Crippen molar-refractivity contribution in [2.45, 2.75) is 38.3 Å². The molecule has 2 rings (SSSR count). The Labute approximate surface area is 113 Å². The molecule has 6 heteroatoms. The van der Waals surface area contributed by atoms with Crippen molar-refractivity contribution >= 4 is 11.7 Å². The molecule has 2 heterocycles. The molecule has 19 heavy (non-hydrogen) atoms. The van der Waals surface area contributed by atoms with Gasteiger partial charge in [-0.25, -0.2) is 0 Å². The molecule has 1 aromatic heterocycles. The Morgan fingerprint density at radius 1 is 1.63 bits per heavy atom. The van der Waals surface area contributed by atoms with Crippen molar-refractivity contribution in [3.63, 3.8) is 0 Å². The topological polar surface area (TPSA) is 68.2 Å². The number of carbonyl (C=O) groups is 1. The third kappa shape index (κ3) is 4.33. The summed E-state index contributed by atoms with van der Waals surface area (Å²) in [6.07, 6.45) is 5.95. The standard InChI is InChI=1S/C13H22N4O2/c1-19-10-4-8-17-9-6-12(16-17)15-13(18)11-5-2-3-7-14-11/h6,9,11,14H,2-5,7-8,10H2,1H3,(H,15,16,18). The molecule has 0 aromatic carbocycles. The maximum Gasteiger partial charge on any atom is 0.242 e. The van der Waals surface area contributed by atoms with E-state index in [0.717, 1.165) is 38.8 Å². The van der Waals surface area contributed by atoms with E-state index in [4.69, 9.17) is 4.74 Å².